The van der Waals surface area contributed by atoms with Crippen molar-refractivity contribution in [2.24, 2.45) is 0 Å². The minimum atomic E-state index is -0.0202. The molecule has 56 heavy (non-hydrogen) atoms. The van der Waals surface area contributed by atoms with Gasteiger partial charge in [-0.3, -0.25) is 0 Å². The Kier molecular flexibility index (Phi) is 8.04. The van der Waals surface area contributed by atoms with Crippen LogP contribution in [0.3, 0.4) is 0 Å². The van der Waals surface area contributed by atoms with Crippen LogP contribution in [0.25, 0.3) is 105 Å². The number of hydrogen-bond acceptors (Lipinski definition) is 3. The smallest absolute Gasteiger partial charge is 0.872 e. The molecular weight excluding hydrogens is 682 g/mol. The van der Waals surface area contributed by atoms with Crippen molar-refractivity contribution >= 4 is 65.6 Å². The summed E-state index contributed by atoms with van der Waals surface area (Å²) in [4.78, 5) is 8.95. The molecule has 0 amide bonds. The molecule has 4 aromatic heterocycles. The fourth-order valence-electron chi connectivity index (χ4n) is 8.33. The molecule has 1 N–H and O–H groups in total. The van der Waals surface area contributed by atoms with E-state index in [0.717, 1.165) is 100 Å². The van der Waals surface area contributed by atoms with Crippen molar-refractivity contribution in [3.8, 4) is 45.1 Å². The van der Waals surface area contributed by atoms with Crippen molar-refractivity contribution in [3.63, 3.8) is 0 Å². The van der Waals surface area contributed by atoms with Crippen LogP contribution in [0.15, 0.2) is 168 Å². The molecule has 5 nitrogen and oxygen atoms in total. The average Bonchev–Trinajstić information content (AvgIpc) is 3.79. The second-order valence-corrected chi connectivity index (χ2v) is 14.3. The zero-order valence-corrected chi connectivity index (χ0v) is 31.0. The van der Waals surface area contributed by atoms with Gasteiger partial charge in [-0.15, -0.1) is 0 Å². The number of nitrogens with one attached hydrogen (secondary N) is 1. The standard InChI is InChI=1S/C50H33N3O2.Li/c1-2-30-16-25-44-41(26-30)38-21-22-39-37-12-7-9-15-46(37)55-50(39)49(38)53(44)36-28-34(31-10-4-3-5-11-31)27-35(29-36)42-23-19-32-17-18-33-20-24-43(52-48(33)47(32)51-42)40-13-6-8-14-45(40)54;/h3-29,54H,2H2,1H3;/q;+1. The second kappa shape index (κ2) is 13.3. The van der Waals surface area contributed by atoms with E-state index in [9.17, 15) is 5.11 Å². The van der Waals surface area contributed by atoms with Crippen LogP contribution in [0.4, 0.5) is 0 Å². The number of aryl methyl sites for hydroxylation is 1. The van der Waals surface area contributed by atoms with Crippen molar-refractivity contribution in [2.45, 2.75) is 13.3 Å². The summed E-state index contributed by atoms with van der Waals surface area (Å²) in [6.45, 7) is 2.20. The molecule has 11 aromatic rings. The molecule has 0 aliphatic rings. The number of para-hydroxylation sites is 2. The largest absolute Gasteiger partial charge is 1.00 e. The van der Waals surface area contributed by atoms with Gasteiger partial charge in [0.25, 0.3) is 0 Å². The number of aromatic amines is 1. The minimum Gasteiger partial charge on any atom is -0.872 e. The molecular formula is C50H33LiN3O2+. The maximum atomic E-state index is 12.8. The van der Waals surface area contributed by atoms with Crippen LogP contribution in [0.2, 0.25) is 0 Å². The van der Waals surface area contributed by atoms with Crippen LogP contribution in [0, 0.1) is 0 Å². The second-order valence-electron chi connectivity index (χ2n) is 14.3. The van der Waals surface area contributed by atoms with Gasteiger partial charge in [0.15, 0.2) is 5.58 Å². The first-order valence-corrected chi connectivity index (χ1v) is 18.7. The van der Waals surface area contributed by atoms with Crippen LogP contribution >= 0.6 is 0 Å². The zero-order chi connectivity index (χ0) is 36.6. The summed E-state index contributed by atoms with van der Waals surface area (Å²) >= 11 is 0. The van der Waals surface area contributed by atoms with Crippen molar-refractivity contribution in [2.75, 3.05) is 0 Å². The first kappa shape index (κ1) is 33.9. The Balaban J connectivity index is 0.00000384. The summed E-state index contributed by atoms with van der Waals surface area (Å²) in [6.07, 6.45) is 0.952. The number of aromatic nitrogens is 3. The molecule has 6 heteroatoms. The third-order valence-electron chi connectivity index (χ3n) is 11.1. The van der Waals surface area contributed by atoms with E-state index in [1.807, 2.05) is 30.3 Å². The molecule has 0 unspecified atom stereocenters. The van der Waals surface area contributed by atoms with E-state index in [1.54, 1.807) is 12.1 Å². The number of furan rings is 1. The van der Waals surface area contributed by atoms with Gasteiger partial charge in [-0.1, -0.05) is 104 Å². The number of benzene rings is 7. The molecule has 0 fully saturated rings. The number of nitrogens with zero attached hydrogens (tertiary/aromatic N) is 2. The first-order chi connectivity index (χ1) is 27.1. The molecule has 0 saturated heterocycles. The molecule has 0 spiro atoms. The van der Waals surface area contributed by atoms with Gasteiger partial charge in [0, 0.05) is 55.2 Å². The molecule has 260 valence electrons. The predicted octanol–water partition coefficient (Wildman–Crippen LogP) is 8.84. The molecule has 0 aliphatic heterocycles. The topological polar surface area (TPSA) is 68.2 Å². The number of rotatable bonds is 5. The molecule has 0 atom stereocenters. The van der Waals surface area contributed by atoms with E-state index in [1.165, 1.54) is 10.9 Å². The van der Waals surface area contributed by atoms with E-state index < -0.39 is 0 Å². The monoisotopic (exact) mass is 714 g/mol. The quantitative estimate of drug-likeness (QED) is 0.132. The Morgan fingerprint density at radius 3 is 2.25 bits per heavy atom. The number of fused-ring (bicyclic) bond motifs is 10. The third-order valence-corrected chi connectivity index (χ3v) is 11.1. The fourth-order valence-corrected chi connectivity index (χ4v) is 8.33. The van der Waals surface area contributed by atoms with E-state index >= 15 is 0 Å². The van der Waals surface area contributed by atoms with Gasteiger partial charge in [-0.2, -0.15) is 0 Å². The van der Waals surface area contributed by atoms with Crippen molar-refractivity contribution in [1.82, 2.24) is 9.55 Å². The van der Waals surface area contributed by atoms with Crippen molar-refractivity contribution < 1.29 is 33.4 Å². The summed E-state index contributed by atoms with van der Waals surface area (Å²) in [5.41, 5.74) is 13.4. The SMILES string of the molecule is CCc1ccc2c(c1)c1ccc3c4ccccc4oc3c1n2-c1cc(-c2ccccc2)cc(-c2ccc3ccc4ccc(-c5ccccc5[O-])[nH+]c4c3n2)c1.[Li+]. The van der Waals surface area contributed by atoms with Gasteiger partial charge in [0.05, 0.1) is 16.7 Å². The van der Waals surface area contributed by atoms with Crippen LogP contribution in [-0.4, -0.2) is 9.55 Å². The van der Waals surface area contributed by atoms with Crippen LogP contribution in [-0.2, 0) is 6.42 Å². The van der Waals surface area contributed by atoms with Gasteiger partial charge in [0.2, 0.25) is 11.2 Å². The maximum Gasteiger partial charge on any atom is 1.00 e. The summed E-state index contributed by atoms with van der Waals surface area (Å²) in [7, 11) is 0. The Hall–Kier alpha value is -6.64. The number of H-pyrrole nitrogens is 1. The molecule has 4 heterocycles. The van der Waals surface area contributed by atoms with Crippen LogP contribution < -0.4 is 29.0 Å². The van der Waals surface area contributed by atoms with E-state index in [0.29, 0.717) is 5.56 Å². The van der Waals surface area contributed by atoms with Gasteiger partial charge in [-0.05, 0) is 89.8 Å². The minimum absolute atomic E-state index is 0. The van der Waals surface area contributed by atoms with E-state index in [2.05, 4.69) is 138 Å². The van der Waals surface area contributed by atoms with Crippen molar-refractivity contribution in [1.29, 1.82) is 0 Å². The van der Waals surface area contributed by atoms with E-state index in [-0.39, 0.29) is 24.6 Å². The van der Waals surface area contributed by atoms with Gasteiger partial charge in [0.1, 0.15) is 11.1 Å². The molecule has 0 aliphatic carbocycles. The normalized spacial score (nSPS) is 11.7. The summed E-state index contributed by atoms with van der Waals surface area (Å²) < 4.78 is 9.10. The van der Waals surface area contributed by atoms with Gasteiger partial charge >= 0.3 is 18.9 Å². The van der Waals surface area contributed by atoms with Crippen LogP contribution in [0.1, 0.15) is 12.5 Å². The Morgan fingerprint density at radius 2 is 1.38 bits per heavy atom. The van der Waals surface area contributed by atoms with Crippen molar-refractivity contribution in [3.05, 3.63) is 169 Å². The summed E-state index contributed by atoms with van der Waals surface area (Å²) in [5.74, 6) is -0.0202. The number of pyridine rings is 2. The van der Waals surface area contributed by atoms with Crippen LogP contribution in [0.5, 0.6) is 5.75 Å². The molecule has 11 rings (SSSR count). The number of hydrogen-bond donors (Lipinski definition) is 0. The Morgan fingerprint density at radius 1 is 0.625 bits per heavy atom. The molecule has 0 bridgehead atoms. The molecule has 7 aromatic carbocycles. The van der Waals surface area contributed by atoms with Gasteiger partial charge < -0.3 is 14.1 Å². The van der Waals surface area contributed by atoms with Gasteiger partial charge in [-0.25, -0.2) is 9.97 Å². The average molecular weight is 715 g/mol. The van der Waals surface area contributed by atoms with E-state index in [4.69, 9.17) is 9.40 Å². The maximum absolute atomic E-state index is 12.8. The Labute approximate surface area is 334 Å². The summed E-state index contributed by atoms with van der Waals surface area (Å²) in [5, 5.41) is 19.4. The predicted molar refractivity (Wildman–Crippen MR) is 223 cm³/mol. The fraction of sp³-hybridized carbons (Fsp3) is 0.0400. The first-order valence-electron chi connectivity index (χ1n) is 18.7. The molecule has 0 radical (unpaired) electrons. The molecule has 0 saturated carbocycles. The zero-order valence-electron chi connectivity index (χ0n) is 31.0. The Bertz CT molecular complexity index is 3330. The third kappa shape index (κ3) is 5.32. The summed E-state index contributed by atoms with van der Waals surface area (Å²) in [6, 6.07) is 56.5.